The number of nitrogens with zero attached hydrogens (tertiary/aromatic N) is 4. The van der Waals surface area contributed by atoms with Gasteiger partial charge in [-0.15, -0.1) is 0 Å². The van der Waals surface area contributed by atoms with E-state index in [1.807, 2.05) is 24.5 Å². The van der Waals surface area contributed by atoms with Gasteiger partial charge in [0.2, 0.25) is 0 Å². The summed E-state index contributed by atoms with van der Waals surface area (Å²) >= 11 is 0. The molecule has 0 spiro atoms. The Morgan fingerprint density at radius 2 is 0.957 bits per heavy atom. The first-order valence-electron chi connectivity index (χ1n) is 15.4. The van der Waals surface area contributed by atoms with E-state index in [0.717, 1.165) is 55.4 Å². The maximum absolute atomic E-state index is 10.3. The summed E-state index contributed by atoms with van der Waals surface area (Å²) in [5, 5.41) is 15.1. The van der Waals surface area contributed by atoms with E-state index < -0.39 is 0 Å². The molecular weight excluding hydrogens is 560 g/mol. The van der Waals surface area contributed by atoms with Crippen LogP contribution in [0.3, 0.4) is 0 Å². The van der Waals surface area contributed by atoms with Crippen molar-refractivity contribution in [2.75, 3.05) is 0 Å². The fourth-order valence-corrected chi connectivity index (χ4v) is 7.02. The minimum Gasteiger partial charge on any atom is -0.309 e. The van der Waals surface area contributed by atoms with Crippen LogP contribution in [0, 0.1) is 11.3 Å². The molecule has 214 valence electrons. The van der Waals surface area contributed by atoms with Crippen molar-refractivity contribution in [3.05, 3.63) is 164 Å². The first-order valence-corrected chi connectivity index (χ1v) is 15.4. The van der Waals surface area contributed by atoms with Gasteiger partial charge in [-0.3, -0.25) is 4.98 Å². The van der Waals surface area contributed by atoms with Crippen molar-refractivity contribution in [2.24, 2.45) is 0 Å². The quantitative estimate of drug-likeness (QED) is 0.206. The number of aromatic nitrogens is 3. The third-order valence-electron chi connectivity index (χ3n) is 9.05. The largest absolute Gasteiger partial charge is 0.309 e. The molecule has 0 N–H and O–H groups in total. The lowest BCUT2D eigenvalue weighted by Crippen LogP contribution is -2.01. The molecule has 0 fully saturated rings. The number of rotatable bonds is 4. The Kier molecular flexibility index (Phi) is 5.84. The molecule has 0 amide bonds. The Morgan fingerprint density at radius 1 is 0.457 bits per heavy atom. The van der Waals surface area contributed by atoms with Crippen LogP contribution in [0.4, 0.5) is 0 Å². The van der Waals surface area contributed by atoms with Crippen molar-refractivity contribution < 1.29 is 0 Å². The Hall–Kier alpha value is -6.44. The van der Waals surface area contributed by atoms with Gasteiger partial charge in [-0.1, -0.05) is 97.1 Å². The zero-order valence-corrected chi connectivity index (χ0v) is 24.8. The van der Waals surface area contributed by atoms with E-state index in [2.05, 4.69) is 149 Å². The molecule has 0 unspecified atom stereocenters. The Morgan fingerprint density at radius 3 is 1.50 bits per heavy atom. The normalized spacial score (nSPS) is 11.5. The minimum atomic E-state index is 0.616. The third-order valence-corrected chi connectivity index (χ3v) is 9.05. The molecule has 0 radical (unpaired) electrons. The predicted molar refractivity (Wildman–Crippen MR) is 189 cm³/mol. The van der Waals surface area contributed by atoms with Crippen molar-refractivity contribution in [3.8, 4) is 39.7 Å². The average Bonchev–Trinajstić information content (AvgIpc) is 3.64. The number of pyridine rings is 1. The first kappa shape index (κ1) is 26.0. The van der Waals surface area contributed by atoms with Gasteiger partial charge in [0, 0.05) is 56.3 Å². The Balaban J connectivity index is 1.18. The van der Waals surface area contributed by atoms with Crippen molar-refractivity contribution >= 4 is 43.6 Å². The molecule has 0 aliphatic rings. The van der Waals surface area contributed by atoms with Gasteiger partial charge in [0.1, 0.15) is 6.07 Å². The summed E-state index contributed by atoms with van der Waals surface area (Å²) in [4.78, 5) is 4.70. The highest BCUT2D eigenvalue weighted by Gasteiger charge is 2.19. The molecule has 0 atom stereocenters. The van der Waals surface area contributed by atoms with E-state index >= 15 is 0 Å². The molecule has 46 heavy (non-hydrogen) atoms. The van der Waals surface area contributed by atoms with Crippen LogP contribution >= 0.6 is 0 Å². The first-order chi connectivity index (χ1) is 22.8. The molecule has 0 aliphatic carbocycles. The van der Waals surface area contributed by atoms with Gasteiger partial charge in [0.05, 0.1) is 33.3 Å². The second kappa shape index (κ2) is 10.3. The molecule has 9 rings (SSSR count). The van der Waals surface area contributed by atoms with E-state index in [-0.39, 0.29) is 0 Å². The summed E-state index contributed by atoms with van der Waals surface area (Å²) in [5.74, 6) is 0. The van der Waals surface area contributed by atoms with Crippen LogP contribution in [0.2, 0.25) is 0 Å². The Bertz CT molecular complexity index is 2540. The van der Waals surface area contributed by atoms with Crippen LogP contribution in [-0.2, 0) is 0 Å². The summed E-state index contributed by atoms with van der Waals surface area (Å²) < 4.78 is 4.56. The van der Waals surface area contributed by atoms with Crippen molar-refractivity contribution in [1.82, 2.24) is 14.1 Å². The van der Waals surface area contributed by atoms with E-state index in [1.165, 1.54) is 21.8 Å². The standard InChI is InChI=1S/C42H26N4/c43-25-29-10-9-15-33(42(29)46-40-18-7-3-13-36(40)37-14-4-8-19-41(37)46)31-24-30(26-44-27-31)28-20-22-32(23-21-28)45-38-16-5-1-11-34(38)35-12-2-6-17-39(35)45/h1-24,26-27H. The highest BCUT2D eigenvalue weighted by molar-refractivity contribution is 6.10. The van der Waals surface area contributed by atoms with Gasteiger partial charge in [0.25, 0.3) is 0 Å². The Labute approximate surface area is 265 Å². The highest BCUT2D eigenvalue weighted by atomic mass is 15.0. The molecule has 4 nitrogen and oxygen atoms in total. The fraction of sp³-hybridized carbons (Fsp3) is 0. The fourth-order valence-electron chi connectivity index (χ4n) is 7.02. The number of hydrogen-bond donors (Lipinski definition) is 0. The van der Waals surface area contributed by atoms with Crippen LogP contribution in [-0.4, -0.2) is 14.1 Å². The van der Waals surface area contributed by atoms with E-state index in [4.69, 9.17) is 4.98 Å². The summed E-state index contributed by atoms with van der Waals surface area (Å²) in [6, 6.07) is 53.2. The lowest BCUT2D eigenvalue weighted by molar-refractivity contribution is 1.17. The second-order valence-electron chi connectivity index (χ2n) is 11.6. The predicted octanol–water partition coefficient (Wildman–Crippen LogP) is 10.5. The van der Waals surface area contributed by atoms with Crippen LogP contribution < -0.4 is 0 Å². The SMILES string of the molecule is N#Cc1cccc(-c2cncc(-c3ccc(-n4c5ccccc5c5ccccc54)cc3)c2)c1-n1c2ccccc2c2ccccc21. The highest BCUT2D eigenvalue weighted by Crippen LogP contribution is 2.39. The summed E-state index contributed by atoms with van der Waals surface area (Å²) in [6.07, 6.45) is 3.80. The third kappa shape index (κ3) is 3.89. The maximum Gasteiger partial charge on any atom is 0.101 e. The van der Waals surface area contributed by atoms with E-state index in [1.54, 1.807) is 0 Å². The number of fused-ring (bicyclic) bond motifs is 6. The van der Waals surface area contributed by atoms with Crippen molar-refractivity contribution in [3.63, 3.8) is 0 Å². The lowest BCUT2D eigenvalue weighted by Gasteiger charge is -2.16. The van der Waals surface area contributed by atoms with Gasteiger partial charge in [0.15, 0.2) is 0 Å². The molecule has 0 aliphatic heterocycles. The second-order valence-corrected chi connectivity index (χ2v) is 11.6. The molecule has 3 aromatic heterocycles. The molecule has 0 saturated heterocycles. The topological polar surface area (TPSA) is 46.5 Å². The lowest BCUT2D eigenvalue weighted by atomic mass is 9.98. The van der Waals surface area contributed by atoms with Crippen LogP contribution in [0.1, 0.15) is 5.56 Å². The zero-order valence-electron chi connectivity index (χ0n) is 24.8. The maximum atomic E-state index is 10.3. The van der Waals surface area contributed by atoms with Crippen LogP contribution in [0.15, 0.2) is 158 Å². The molecular formula is C42H26N4. The summed E-state index contributed by atoms with van der Waals surface area (Å²) in [6.45, 7) is 0. The molecule has 0 saturated carbocycles. The van der Waals surface area contributed by atoms with E-state index in [9.17, 15) is 5.26 Å². The summed E-state index contributed by atoms with van der Waals surface area (Å²) in [5.41, 5.74) is 11.1. The van der Waals surface area contributed by atoms with E-state index in [0.29, 0.717) is 5.56 Å². The van der Waals surface area contributed by atoms with Crippen molar-refractivity contribution in [1.29, 1.82) is 5.26 Å². The minimum absolute atomic E-state index is 0.616. The molecule has 0 bridgehead atoms. The number of hydrogen-bond acceptors (Lipinski definition) is 2. The molecule has 4 heteroatoms. The van der Waals surface area contributed by atoms with Gasteiger partial charge in [-0.05, 0) is 54.1 Å². The zero-order chi connectivity index (χ0) is 30.6. The molecule has 3 heterocycles. The van der Waals surface area contributed by atoms with Gasteiger partial charge < -0.3 is 9.13 Å². The van der Waals surface area contributed by atoms with Crippen LogP contribution in [0.25, 0.3) is 77.2 Å². The van der Waals surface area contributed by atoms with Gasteiger partial charge in [-0.2, -0.15) is 5.26 Å². The average molecular weight is 587 g/mol. The van der Waals surface area contributed by atoms with Gasteiger partial charge >= 0.3 is 0 Å². The van der Waals surface area contributed by atoms with Crippen molar-refractivity contribution in [2.45, 2.75) is 0 Å². The smallest absolute Gasteiger partial charge is 0.101 e. The molecule has 9 aromatic rings. The monoisotopic (exact) mass is 586 g/mol. The summed E-state index contributed by atoms with van der Waals surface area (Å²) in [7, 11) is 0. The van der Waals surface area contributed by atoms with Crippen LogP contribution in [0.5, 0.6) is 0 Å². The molecule has 6 aromatic carbocycles. The number of benzene rings is 6. The number of para-hydroxylation sites is 5. The van der Waals surface area contributed by atoms with Gasteiger partial charge in [-0.25, -0.2) is 0 Å². The number of nitriles is 1.